The number of amides is 2. The fourth-order valence-electron chi connectivity index (χ4n) is 7.44. The molecule has 1 N–H and O–H groups in total. The van der Waals surface area contributed by atoms with Crippen LogP contribution in [0, 0.1) is 0 Å². The minimum atomic E-state index is -0.654. The Balaban J connectivity index is 0.960. The van der Waals surface area contributed by atoms with Gasteiger partial charge in [0.05, 0.1) is 36.5 Å². The summed E-state index contributed by atoms with van der Waals surface area (Å²) in [5.41, 5.74) is 9.04. The Kier molecular flexibility index (Phi) is 10.4. The fraction of sp³-hybridized carbons (Fsp3) is 0.146. The van der Waals surface area contributed by atoms with Crippen LogP contribution in [-0.4, -0.2) is 38.7 Å². The summed E-state index contributed by atoms with van der Waals surface area (Å²) in [5.74, 6) is 0.743. The van der Waals surface area contributed by atoms with Gasteiger partial charge < -0.3 is 19.0 Å². The van der Waals surface area contributed by atoms with Gasteiger partial charge in [-0.15, -0.1) is 0 Å². The van der Waals surface area contributed by atoms with Crippen molar-refractivity contribution in [3.05, 3.63) is 191 Å². The first-order valence-corrected chi connectivity index (χ1v) is 19.9. The van der Waals surface area contributed by atoms with E-state index in [1.807, 2.05) is 133 Å². The highest BCUT2D eigenvalue weighted by Gasteiger charge is 2.36. The number of oxazole rings is 1. The largest absolute Gasteiger partial charge is 0.431 e. The number of nitrogens with zero attached hydrogens (tertiary/aromatic N) is 2. The molecule has 9 heteroatoms. The predicted octanol–water partition coefficient (Wildman–Crippen LogP) is 10.3. The molecule has 0 spiro atoms. The first-order chi connectivity index (χ1) is 28.0. The summed E-state index contributed by atoms with van der Waals surface area (Å²) in [6.45, 7) is 0.135. The third-order valence-corrected chi connectivity index (χ3v) is 11.4. The molecular weight excluding hydrogens is 733 g/mol. The highest BCUT2D eigenvalue weighted by atomic mass is 32.2. The maximum Gasteiger partial charge on any atom is 0.261 e. The van der Waals surface area contributed by atoms with Gasteiger partial charge in [-0.25, -0.2) is 4.98 Å². The minimum absolute atomic E-state index is 0.0311. The van der Waals surface area contributed by atoms with Crippen LogP contribution in [0.2, 0.25) is 0 Å². The lowest BCUT2D eigenvalue weighted by atomic mass is 9.97. The van der Waals surface area contributed by atoms with Gasteiger partial charge in [-0.2, -0.15) is 0 Å². The standard InChI is InChI=1S/C48H38N2O6S/c51-29-31-19-21-33(22-20-31)42-27-38(30-57-48-49-43(34-11-3-1-4-12-34)44(56-48)35-13-5-2-6-14-35)54-47(55-42)36-25-23-32(24-26-36)39-16-8-7-15-37(39)28-50-45(52)40-17-9-10-18-41(40)46(50)53/h1-26,38,42,47,51H,27-30H2/t38-,42+,47+/m1/s1. The second-order valence-electron chi connectivity index (χ2n) is 14.1. The highest BCUT2D eigenvalue weighted by molar-refractivity contribution is 7.99. The molecule has 2 aliphatic rings. The van der Waals surface area contributed by atoms with Gasteiger partial charge in [0.2, 0.25) is 0 Å². The van der Waals surface area contributed by atoms with Gasteiger partial charge in [0.1, 0.15) is 5.69 Å². The molecule has 3 atom stereocenters. The van der Waals surface area contributed by atoms with Crippen LogP contribution in [0.25, 0.3) is 33.7 Å². The van der Waals surface area contributed by atoms with Gasteiger partial charge >= 0.3 is 0 Å². The van der Waals surface area contributed by atoms with Gasteiger partial charge in [-0.1, -0.05) is 157 Å². The molecule has 0 unspecified atom stereocenters. The molecule has 1 saturated heterocycles. The van der Waals surface area contributed by atoms with Crippen LogP contribution in [0.5, 0.6) is 0 Å². The number of benzene rings is 6. The summed E-state index contributed by atoms with van der Waals surface area (Å²) in [5, 5.41) is 10.2. The molecule has 0 bridgehead atoms. The Morgan fingerprint density at radius 2 is 1.23 bits per heavy atom. The van der Waals surface area contributed by atoms with Crippen molar-refractivity contribution in [2.45, 2.75) is 43.3 Å². The van der Waals surface area contributed by atoms with Crippen LogP contribution >= 0.6 is 11.8 Å². The number of aliphatic hydroxyl groups is 1. The van der Waals surface area contributed by atoms with E-state index in [1.165, 1.54) is 16.7 Å². The Labute approximate surface area is 334 Å². The van der Waals surface area contributed by atoms with Crippen molar-refractivity contribution >= 4 is 23.6 Å². The van der Waals surface area contributed by atoms with E-state index in [4.69, 9.17) is 18.9 Å². The van der Waals surface area contributed by atoms with Crippen molar-refractivity contribution in [1.82, 2.24) is 9.88 Å². The van der Waals surface area contributed by atoms with Crippen molar-refractivity contribution in [3.63, 3.8) is 0 Å². The number of ether oxygens (including phenoxy) is 2. The maximum absolute atomic E-state index is 13.2. The van der Waals surface area contributed by atoms with Crippen molar-refractivity contribution in [2.75, 3.05) is 5.75 Å². The van der Waals surface area contributed by atoms with Crippen LogP contribution in [0.1, 0.15) is 61.8 Å². The number of thioether (sulfide) groups is 1. The molecule has 7 aromatic rings. The first kappa shape index (κ1) is 36.5. The molecule has 2 aliphatic heterocycles. The van der Waals surface area contributed by atoms with E-state index in [9.17, 15) is 14.7 Å². The van der Waals surface area contributed by atoms with Gasteiger partial charge in [0.25, 0.3) is 17.0 Å². The molecule has 57 heavy (non-hydrogen) atoms. The number of imide groups is 1. The zero-order valence-electron chi connectivity index (χ0n) is 30.9. The summed E-state index contributed by atoms with van der Waals surface area (Å²) in [6.07, 6.45) is -0.503. The molecule has 9 rings (SSSR count). The molecule has 6 aromatic carbocycles. The lowest BCUT2D eigenvalue weighted by Gasteiger charge is -2.36. The zero-order chi connectivity index (χ0) is 38.7. The molecule has 2 amide bonds. The van der Waals surface area contributed by atoms with E-state index >= 15 is 0 Å². The Bertz CT molecular complexity index is 2430. The van der Waals surface area contributed by atoms with Crippen LogP contribution in [0.15, 0.2) is 167 Å². The molecule has 282 valence electrons. The van der Waals surface area contributed by atoms with E-state index in [1.54, 1.807) is 24.3 Å². The van der Waals surface area contributed by atoms with Crippen molar-refractivity contribution in [2.24, 2.45) is 0 Å². The minimum Gasteiger partial charge on any atom is -0.431 e. The number of aliphatic hydroxyl groups excluding tert-OH is 1. The van der Waals surface area contributed by atoms with E-state index in [-0.39, 0.29) is 37.2 Å². The summed E-state index contributed by atoms with van der Waals surface area (Å²) in [6, 6.07) is 50.8. The van der Waals surface area contributed by atoms with Crippen molar-refractivity contribution in [3.8, 4) is 33.7 Å². The van der Waals surface area contributed by atoms with Gasteiger partial charge in [0, 0.05) is 28.9 Å². The molecule has 1 aromatic heterocycles. The van der Waals surface area contributed by atoms with E-state index in [0.29, 0.717) is 28.5 Å². The fourth-order valence-corrected chi connectivity index (χ4v) is 8.28. The second kappa shape index (κ2) is 16.2. The number of fused-ring (bicyclic) bond motifs is 1. The summed E-state index contributed by atoms with van der Waals surface area (Å²) < 4.78 is 19.8. The molecule has 8 nitrogen and oxygen atoms in total. The average molecular weight is 771 g/mol. The molecule has 0 radical (unpaired) electrons. The lowest BCUT2D eigenvalue weighted by Crippen LogP contribution is -2.31. The highest BCUT2D eigenvalue weighted by Crippen LogP contribution is 2.42. The van der Waals surface area contributed by atoms with Crippen molar-refractivity contribution < 1.29 is 28.6 Å². The van der Waals surface area contributed by atoms with Crippen molar-refractivity contribution in [1.29, 1.82) is 0 Å². The third kappa shape index (κ3) is 7.58. The monoisotopic (exact) mass is 770 g/mol. The summed E-state index contributed by atoms with van der Waals surface area (Å²) >= 11 is 1.52. The quantitative estimate of drug-likeness (QED) is 0.102. The van der Waals surface area contributed by atoms with Gasteiger partial charge in [0.15, 0.2) is 12.1 Å². The van der Waals surface area contributed by atoms with Crippen LogP contribution in [0.3, 0.4) is 0 Å². The predicted molar refractivity (Wildman–Crippen MR) is 219 cm³/mol. The van der Waals surface area contributed by atoms with E-state index in [0.717, 1.165) is 56.0 Å². The maximum atomic E-state index is 13.2. The number of rotatable bonds is 11. The van der Waals surface area contributed by atoms with Gasteiger partial charge in [-0.3, -0.25) is 14.5 Å². The average Bonchev–Trinajstić information content (AvgIpc) is 3.82. The normalized spacial score (nSPS) is 17.8. The van der Waals surface area contributed by atoms with Crippen LogP contribution < -0.4 is 0 Å². The van der Waals surface area contributed by atoms with Gasteiger partial charge in [-0.05, 0) is 39.9 Å². The summed E-state index contributed by atoms with van der Waals surface area (Å²) in [7, 11) is 0. The smallest absolute Gasteiger partial charge is 0.261 e. The van der Waals surface area contributed by atoms with E-state index in [2.05, 4.69) is 0 Å². The first-order valence-electron chi connectivity index (χ1n) is 18.9. The van der Waals surface area contributed by atoms with Crippen LogP contribution in [0.4, 0.5) is 0 Å². The Morgan fingerprint density at radius 3 is 1.89 bits per heavy atom. The molecule has 0 aliphatic carbocycles. The third-order valence-electron chi connectivity index (χ3n) is 10.4. The number of carbonyl (C=O) groups is 2. The lowest BCUT2D eigenvalue weighted by molar-refractivity contribution is -0.245. The van der Waals surface area contributed by atoms with Crippen LogP contribution in [-0.2, 0) is 22.6 Å². The zero-order valence-corrected chi connectivity index (χ0v) is 31.7. The SMILES string of the molecule is O=C1c2ccccc2C(=O)N1Cc1ccccc1-c1ccc([C@H]2O[C@@H](CSc3nc(-c4ccccc4)c(-c4ccccc4)o3)C[C@@H](c3ccc(CO)cc3)O2)cc1. The Hall–Kier alpha value is -6.10. The Morgan fingerprint density at radius 1 is 0.632 bits per heavy atom. The molecule has 1 fully saturated rings. The molecule has 0 saturated carbocycles. The second-order valence-corrected chi connectivity index (χ2v) is 15.0. The molecule has 3 heterocycles. The molecular formula is C48H38N2O6S. The summed E-state index contributed by atoms with van der Waals surface area (Å²) in [4.78, 5) is 32.6. The number of hydrogen-bond acceptors (Lipinski definition) is 8. The number of carbonyl (C=O) groups excluding carboxylic acids is 2. The number of aromatic nitrogens is 1. The topological polar surface area (TPSA) is 102 Å². The number of hydrogen-bond donors (Lipinski definition) is 1. The van der Waals surface area contributed by atoms with E-state index < -0.39 is 6.29 Å².